The van der Waals surface area contributed by atoms with Gasteiger partial charge in [0.1, 0.15) is 6.10 Å². The van der Waals surface area contributed by atoms with E-state index in [4.69, 9.17) is 17.0 Å². The molecule has 0 bridgehead atoms. The van der Waals surface area contributed by atoms with Crippen LogP contribution in [0.3, 0.4) is 0 Å². The molecule has 0 aliphatic heterocycles. The molecular formula is C17H24OS2. The summed E-state index contributed by atoms with van der Waals surface area (Å²) < 4.78 is 6.83. The van der Waals surface area contributed by atoms with Crippen molar-refractivity contribution in [3.8, 4) is 0 Å². The highest BCUT2D eigenvalue weighted by atomic mass is 32.2. The third-order valence-electron chi connectivity index (χ3n) is 4.21. The molecule has 0 spiro atoms. The van der Waals surface area contributed by atoms with Crippen molar-refractivity contribution < 1.29 is 4.74 Å². The fraction of sp³-hybridized carbons (Fsp3) is 0.588. The summed E-state index contributed by atoms with van der Waals surface area (Å²) in [5.41, 5.74) is 3.03. The van der Waals surface area contributed by atoms with Crippen LogP contribution in [0.25, 0.3) is 0 Å². The molecule has 0 aromatic heterocycles. The minimum Gasteiger partial charge on any atom is -0.474 e. The van der Waals surface area contributed by atoms with E-state index < -0.39 is 0 Å². The van der Waals surface area contributed by atoms with Gasteiger partial charge in [-0.15, -0.1) is 0 Å². The highest BCUT2D eigenvalue weighted by Gasteiger charge is 2.45. The van der Waals surface area contributed by atoms with Crippen LogP contribution in [0.1, 0.15) is 38.8 Å². The Balaban J connectivity index is 2.41. The lowest BCUT2D eigenvalue weighted by molar-refractivity contribution is -0.0196. The van der Waals surface area contributed by atoms with Crippen LogP contribution >= 0.6 is 24.0 Å². The van der Waals surface area contributed by atoms with Crippen LogP contribution in [0.15, 0.2) is 24.3 Å². The van der Waals surface area contributed by atoms with Crippen molar-refractivity contribution in [1.29, 1.82) is 0 Å². The molecule has 0 fully saturated rings. The Morgan fingerprint density at radius 1 is 1.10 bits per heavy atom. The van der Waals surface area contributed by atoms with Gasteiger partial charge >= 0.3 is 0 Å². The maximum atomic E-state index is 6.18. The third-order valence-corrected chi connectivity index (χ3v) is 5.24. The number of ether oxygens (including phenoxy) is 1. The Hall–Kier alpha value is -0.540. The first-order valence-corrected chi connectivity index (χ1v) is 8.71. The number of benzene rings is 1. The molecule has 0 N–H and O–H groups in total. The normalized spacial score (nSPS) is 20.9. The van der Waals surface area contributed by atoms with E-state index in [2.05, 4.69) is 52.0 Å². The van der Waals surface area contributed by atoms with Crippen molar-refractivity contribution in [1.82, 2.24) is 0 Å². The zero-order valence-electron chi connectivity index (χ0n) is 13.0. The molecule has 1 aromatic rings. The minimum absolute atomic E-state index is 0.0654. The summed E-state index contributed by atoms with van der Waals surface area (Å²) in [4.78, 5) is 0. The van der Waals surface area contributed by atoms with Crippen LogP contribution in [-0.4, -0.2) is 16.7 Å². The van der Waals surface area contributed by atoms with Gasteiger partial charge in [0.2, 0.25) is 4.38 Å². The van der Waals surface area contributed by atoms with Crippen molar-refractivity contribution in [3.63, 3.8) is 0 Å². The molecule has 0 amide bonds. The summed E-state index contributed by atoms with van der Waals surface area (Å²) in [6, 6.07) is 8.77. The topological polar surface area (TPSA) is 9.23 Å². The second-order valence-electron chi connectivity index (χ2n) is 7.05. The average Bonchev–Trinajstić information content (AvgIpc) is 2.43. The highest BCUT2D eigenvalue weighted by molar-refractivity contribution is 8.22. The summed E-state index contributed by atoms with van der Waals surface area (Å²) in [7, 11) is 0. The van der Waals surface area contributed by atoms with Crippen molar-refractivity contribution in [3.05, 3.63) is 35.4 Å². The highest BCUT2D eigenvalue weighted by Crippen LogP contribution is 2.45. The lowest BCUT2D eigenvalue weighted by Crippen LogP contribution is -2.45. The fourth-order valence-electron chi connectivity index (χ4n) is 3.59. The number of thioether (sulfide) groups is 1. The first-order valence-electron chi connectivity index (χ1n) is 7.08. The Morgan fingerprint density at radius 2 is 1.55 bits per heavy atom. The molecule has 1 aliphatic carbocycles. The van der Waals surface area contributed by atoms with E-state index in [1.807, 2.05) is 6.26 Å². The quantitative estimate of drug-likeness (QED) is 0.541. The molecule has 0 saturated carbocycles. The average molecular weight is 309 g/mol. The van der Waals surface area contributed by atoms with Gasteiger partial charge in [-0.05, 0) is 42.4 Å². The molecule has 2 rings (SSSR count). The standard InChI is InChI=1S/C17H24OS2/c1-16(2)10-12-8-6-7-9-13(12)11-17(3,4)14(16)18-15(19)20-5/h6-9,14H,10-11H2,1-5H3. The maximum Gasteiger partial charge on any atom is 0.220 e. The predicted molar refractivity (Wildman–Crippen MR) is 92.4 cm³/mol. The van der Waals surface area contributed by atoms with Crippen LogP contribution in [0, 0.1) is 10.8 Å². The second kappa shape index (κ2) is 5.69. The Labute approximate surface area is 132 Å². The first kappa shape index (κ1) is 15.8. The van der Waals surface area contributed by atoms with Gasteiger partial charge in [-0.1, -0.05) is 63.7 Å². The predicted octanol–water partition coefficient (Wildman–Crippen LogP) is 4.87. The summed E-state index contributed by atoms with van der Waals surface area (Å²) in [5.74, 6) is 0. The van der Waals surface area contributed by atoms with Gasteiger partial charge in [-0.25, -0.2) is 0 Å². The minimum atomic E-state index is 0.0654. The van der Waals surface area contributed by atoms with Crippen molar-refractivity contribution in [2.24, 2.45) is 10.8 Å². The van der Waals surface area contributed by atoms with Crippen LogP contribution in [0.2, 0.25) is 0 Å². The summed E-state index contributed by atoms with van der Waals surface area (Å²) in [6.45, 7) is 9.18. The molecule has 0 radical (unpaired) electrons. The van der Waals surface area contributed by atoms with Gasteiger partial charge < -0.3 is 4.74 Å². The molecule has 0 saturated heterocycles. The third kappa shape index (κ3) is 3.20. The van der Waals surface area contributed by atoms with E-state index in [0.717, 1.165) is 12.8 Å². The van der Waals surface area contributed by atoms with E-state index in [1.54, 1.807) is 0 Å². The Morgan fingerprint density at radius 3 is 1.95 bits per heavy atom. The SMILES string of the molecule is CSC(=S)OC1C(C)(C)Cc2ccccc2CC1(C)C. The van der Waals surface area contributed by atoms with Crippen molar-refractivity contribution >= 4 is 28.4 Å². The first-order chi connectivity index (χ1) is 9.26. The molecule has 0 unspecified atom stereocenters. The molecule has 1 nitrogen and oxygen atoms in total. The number of hydrogen-bond acceptors (Lipinski definition) is 3. The Bertz CT molecular complexity index is 468. The molecule has 110 valence electrons. The largest absolute Gasteiger partial charge is 0.474 e. The lowest BCUT2D eigenvalue weighted by Gasteiger charge is -2.42. The number of hydrogen-bond donors (Lipinski definition) is 0. The van der Waals surface area contributed by atoms with E-state index in [0.29, 0.717) is 4.38 Å². The maximum absolute atomic E-state index is 6.18. The van der Waals surface area contributed by atoms with Gasteiger partial charge in [-0.2, -0.15) is 0 Å². The molecule has 1 aliphatic rings. The molecule has 0 heterocycles. The van der Waals surface area contributed by atoms with E-state index >= 15 is 0 Å². The zero-order chi connectivity index (χ0) is 15.0. The molecule has 1 aromatic carbocycles. The number of fused-ring (bicyclic) bond motifs is 1. The Kier molecular flexibility index (Phi) is 4.50. The summed E-state index contributed by atoms with van der Waals surface area (Å²) in [6.07, 6.45) is 4.18. The van der Waals surface area contributed by atoms with Gasteiger partial charge in [0, 0.05) is 10.8 Å². The van der Waals surface area contributed by atoms with Crippen molar-refractivity contribution in [2.45, 2.75) is 46.6 Å². The smallest absolute Gasteiger partial charge is 0.220 e. The summed E-state index contributed by atoms with van der Waals surface area (Å²) >= 11 is 6.83. The number of thiocarbonyl (C=S) groups is 1. The van der Waals surface area contributed by atoms with Crippen LogP contribution in [0.5, 0.6) is 0 Å². The van der Waals surface area contributed by atoms with Gasteiger partial charge in [0.05, 0.1) is 0 Å². The van der Waals surface area contributed by atoms with Gasteiger partial charge in [0.15, 0.2) is 0 Å². The fourth-order valence-corrected chi connectivity index (χ4v) is 3.88. The van der Waals surface area contributed by atoms with Crippen molar-refractivity contribution in [2.75, 3.05) is 6.26 Å². The number of rotatable bonds is 1. The zero-order valence-corrected chi connectivity index (χ0v) is 14.7. The summed E-state index contributed by atoms with van der Waals surface area (Å²) in [5, 5.41) is 0. The molecule has 0 atom stereocenters. The monoisotopic (exact) mass is 308 g/mol. The molecular weight excluding hydrogens is 284 g/mol. The van der Waals surface area contributed by atoms with Crippen LogP contribution < -0.4 is 0 Å². The molecule has 3 heteroatoms. The van der Waals surface area contributed by atoms with E-state index in [-0.39, 0.29) is 16.9 Å². The lowest BCUT2D eigenvalue weighted by atomic mass is 9.70. The van der Waals surface area contributed by atoms with Crippen LogP contribution in [0.4, 0.5) is 0 Å². The van der Waals surface area contributed by atoms with Gasteiger partial charge in [-0.3, -0.25) is 0 Å². The van der Waals surface area contributed by atoms with Crippen LogP contribution in [-0.2, 0) is 17.6 Å². The van der Waals surface area contributed by atoms with E-state index in [9.17, 15) is 0 Å². The van der Waals surface area contributed by atoms with E-state index in [1.165, 1.54) is 22.9 Å². The van der Waals surface area contributed by atoms with Gasteiger partial charge in [0.25, 0.3) is 0 Å². The second-order valence-corrected chi connectivity index (χ2v) is 8.46. The molecule has 20 heavy (non-hydrogen) atoms.